The minimum atomic E-state index is -0.874. The van der Waals surface area contributed by atoms with E-state index in [1.54, 1.807) is 0 Å². The van der Waals surface area contributed by atoms with Crippen LogP contribution in [0.1, 0.15) is 0 Å². The van der Waals surface area contributed by atoms with Gasteiger partial charge < -0.3 is 20.1 Å². The van der Waals surface area contributed by atoms with Crippen LogP contribution in [-0.4, -0.2) is 34.6 Å². The van der Waals surface area contributed by atoms with Crippen LogP contribution in [0.25, 0.3) is 0 Å². The fourth-order valence-electron chi connectivity index (χ4n) is 0.262. The molecular formula is C5H10O4. The summed E-state index contributed by atoms with van der Waals surface area (Å²) >= 11 is 0. The summed E-state index contributed by atoms with van der Waals surface area (Å²) in [4.78, 5) is 0. The highest BCUT2D eigenvalue weighted by Gasteiger charge is 1.98. The molecule has 0 radical (unpaired) electrons. The van der Waals surface area contributed by atoms with E-state index in [-0.39, 0.29) is 13.2 Å². The van der Waals surface area contributed by atoms with Gasteiger partial charge in [-0.05, 0) is 0 Å². The first-order chi connectivity index (χ1) is 4.31. The third-order valence-electron chi connectivity index (χ3n) is 0.656. The molecule has 1 atom stereocenters. The van der Waals surface area contributed by atoms with E-state index in [9.17, 15) is 0 Å². The Hall–Kier alpha value is -0.740. The zero-order valence-corrected chi connectivity index (χ0v) is 4.90. The lowest BCUT2D eigenvalue weighted by atomic mass is 10.4. The molecule has 0 heterocycles. The van der Waals surface area contributed by atoms with Crippen LogP contribution in [0.5, 0.6) is 0 Å². The molecule has 4 heteroatoms. The second kappa shape index (κ2) is 5.40. The van der Waals surface area contributed by atoms with Crippen molar-refractivity contribution in [3.05, 3.63) is 12.5 Å². The number of aliphatic hydroxyl groups is 3. The second-order valence-corrected chi connectivity index (χ2v) is 1.45. The molecule has 0 amide bonds. The van der Waals surface area contributed by atoms with Gasteiger partial charge in [-0.2, -0.15) is 0 Å². The molecule has 54 valence electrons. The molecule has 0 aromatic rings. The molecule has 0 aromatic carbocycles. The first-order valence-electron chi connectivity index (χ1n) is 2.51. The van der Waals surface area contributed by atoms with Gasteiger partial charge in [0.05, 0.1) is 6.61 Å². The SMILES string of the molecule is OC=COCC(O)CO. The van der Waals surface area contributed by atoms with Gasteiger partial charge in [-0.1, -0.05) is 0 Å². The van der Waals surface area contributed by atoms with E-state index in [0.717, 1.165) is 6.26 Å². The summed E-state index contributed by atoms with van der Waals surface area (Å²) in [7, 11) is 0. The predicted molar refractivity (Wildman–Crippen MR) is 30.8 cm³/mol. The molecule has 9 heavy (non-hydrogen) atoms. The van der Waals surface area contributed by atoms with Gasteiger partial charge in [0.15, 0.2) is 0 Å². The maximum Gasteiger partial charge on any atom is 0.117 e. The van der Waals surface area contributed by atoms with Crippen LogP contribution < -0.4 is 0 Å². The summed E-state index contributed by atoms with van der Waals surface area (Å²) < 4.78 is 4.49. The average molecular weight is 134 g/mol. The van der Waals surface area contributed by atoms with Gasteiger partial charge in [-0.15, -0.1) is 0 Å². The van der Waals surface area contributed by atoms with E-state index in [2.05, 4.69) is 4.74 Å². The minimum Gasteiger partial charge on any atom is -0.512 e. The molecule has 0 aliphatic rings. The third-order valence-corrected chi connectivity index (χ3v) is 0.656. The van der Waals surface area contributed by atoms with Gasteiger partial charge >= 0.3 is 0 Å². The second-order valence-electron chi connectivity index (χ2n) is 1.45. The molecule has 0 rings (SSSR count). The lowest BCUT2D eigenvalue weighted by Gasteiger charge is -2.04. The van der Waals surface area contributed by atoms with Gasteiger partial charge in [0.1, 0.15) is 25.2 Å². The molecule has 0 saturated heterocycles. The van der Waals surface area contributed by atoms with Crippen LogP contribution in [0, 0.1) is 0 Å². The number of rotatable bonds is 4. The highest BCUT2D eigenvalue weighted by atomic mass is 16.5. The first kappa shape index (κ1) is 8.26. The summed E-state index contributed by atoms with van der Waals surface area (Å²) in [5, 5.41) is 24.8. The van der Waals surface area contributed by atoms with Gasteiger partial charge in [0.2, 0.25) is 0 Å². The third kappa shape index (κ3) is 5.13. The molecule has 0 saturated carbocycles. The Morgan fingerprint density at radius 3 is 2.67 bits per heavy atom. The number of hydrogen-bond acceptors (Lipinski definition) is 4. The molecule has 0 aliphatic heterocycles. The van der Waals surface area contributed by atoms with Gasteiger partial charge in [-0.25, -0.2) is 0 Å². The maximum atomic E-state index is 8.59. The maximum absolute atomic E-state index is 8.59. The Morgan fingerprint density at radius 2 is 2.22 bits per heavy atom. The monoisotopic (exact) mass is 134 g/mol. The fourth-order valence-corrected chi connectivity index (χ4v) is 0.262. The Labute approximate surface area is 53.0 Å². The van der Waals surface area contributed by atoms with Crippen molar-refractivity contribution < 1.29 is 20.1 Å². The standard InChI is InChI=1S/C5H10O4/c6-1-2-9-4-5(8)3-7/h1-2,5-8H,3-4H2. The smallest absolute Gasteiger partial charge is 0.117 e. The Bertz CT molecular complexity index is 81.0. The number of hydrogen-bond donors (Lipinski definition) is 3. The fraction of sp³-hybridized carbons (Fsp3) is 0.600. The number of aliphatic hydroxyl groups excluding tert-OH is 3. The lowest BCUT2D eigenvalue weighted by Crippen LogP contribution is -2.17. The summed E-state index contributed by atoms with van der Waals surface area (Å²) in [6.07, 6.45) is 0.865. The highest BCUT2D eigenvalue weighted by Crippen LogP contribution is 1.83. The van der Waals surface area contributed by atoms with E-state index in [1.165, 1.54) is 0 Å². The lowest BCUT2D eigenvalue weighted by molar-refractivity contribution is 0.0373. The minimum absolute atomic E-state index is 0.00639. The van der Waals surface area contributed by atoms with Gasteiger partial charge in [0.25, 0.3) is 0 Å². The van der Waals surface area contributed by atoms with Crippen molar-refractivity contribution in [2.75, 3.05) is 13.2 Å². The Morgan fingerprint density at radius 1 is 1.56 bits per heavy atom. The summed E-state index contributed by atoms with van der Waals surface area (Å²) in [6.45, 7) is -0.340. The summed E-state index contributed by atoms with van der Waals surface area (Å²) in [5.41, 5.74) is 0. The molecule has 1 unspecified atom stereocenters. The first-order valence-corrected chi connectivity index (χ1v) is 2.51. The van der Waals surface area contributed by atoms with Crippen LogP contribution in [0.4, 0.5) is 0 Å². The van der Waals surface area contributed by atoms with Crippen molar-refractivity contribution in [1.82, 2.24) is 0 Å². The molecule has 0 fully saturated rings. The van der Waals surface area contributed by atoms with Crippen LogP contribution in [0.15, 0.2) is 12.5 Å². The average Bonchev–Trinajstić information content (AvgIpc) is 1.89. The van der Waals surface area contributed by atoms with Crippen molar-refractivity contribution in [3.63, 3.8) is 0 Å². The summed E-state index contributed by atoms with van der Waals surface area (Å²) in [5.74, 6) is 0. The zero-order chi connectivity index (χ0) is 7.11. The van der Waals surface area contributed by atoms with Crippen LogP contribution in [0.2, 0.25) is 0 Å². The van der Waals surface area contributed by atoms with E-state index in [0.29, 0.717) is 6.26 Å². The summed E-state index contributed by atoms with van der Waals surface area (Å²) in [6, 6.07) is 0. The molecule has 0 aliphatic carbocycles. The Kier molecular flexibility index (Phi) is 4.95. The van der Waals surface area contributed by atoms with Crippen molar-refractivity contribution in [2.24, 2.45) is 0 Å². The van der Waals surface area contributed by atoms with E-state index < -0.39 is 6.10 Å². The van der Waals surface area contributed by atoms with Crippen LogP contribution in [0.3, 0.4) is 0 Å². The molecule has 4 nitrogen and oxygen atoms in total. The van der Waals surface area contributed by atoms with Gasteiger partial charge in [-0.3, -0.25) is 0 Å². The Balaban J connectivity index is 3.06. The van der Waals surface area contributed by atoms with Crippen molar-refractivity contribution in [1.29, 1.82) is 0 Å². The van der Waals surface area contributed by atoms with E-state index in [1.807, 2.05) is 0 Å². The highest BCUT2D eigenvalue weighted by molar-refractivity contribution is 4.59. The molecule has 0 bridgehead atoms. The normalized spacial score (nSPS) is 14.0. The predicted octanol–water partition coefficient (Wildman–Crippen LogP) is -0.615. The van der Waals surface area contributed by atoms with Crippen molar-refractivity contribution in [2.45, 2.75) is 6.10 Å². The van der Waals surface area contributed by atoms with E-state index in [4.69, 9.17) is 15.3 Å². The van der Waals surface area contributed by atoms with E-state index >= 15 is 0 Å². The van der Waals surface area contributed by atoms with Crippen molar-refractivity contribution in [3.8, 4) is 0 Å². The zero-order valence-electron chi connectivity index (χ0n) is 4.90. The van der Waals surface area contributed by atoms with Crippen LogP contribution in [-0.2, 0) is 4.74 Å². The van der Waals surface area contributed by atoms with Gasteiger partial charge in [0, 0.05) is 0 Å². The molecule has 0 aromatic heterocycles. The molecule has 3 N–H and O–H groups in total. The van der Waals surface area contributed by atoms with Crippen molar-refractivity contribution >= 4 is 0 Å². The van der Waals surface area contributed by atoms with Crippen LogP contribution >= 0.6 is 0 Å². The topological polar surface area (TPSA) is 69.9 Å². The molecular weight excluding hydrogens is 124 g/mol. The molecule has 0 spiro atoms. The quantitative estimate of drug-likeness (QED) is 0.448. The largest absolute Gasteiger partial charge is 0.512 e. The number of ether oxygens (including phenoxy) is 1.